The van der Waals surface area contributed by atoms with Gasteiger partial charge < -0.3 is 19.6 Å². The molecule has 10 nitrogen and oxygen atoms in total. The molecule has 3 aromatic rings. The van der Waals surface area contributed by atoms with Gasteiger partial charge in [0.05, 0.1) is 10.9 Å². The molecule has 0 bridgehead atoms. The summed E-state index contributed by atoms with van der Waals surface area (Å²) in [5, 5.41) is 10.8. The van der Waals surface area contributed by atoms with E-state index in [4.69, 9.17) is 16.3 Å². The van der Waals surface area contributed by atoms with Crippen LogP contribution < -0.4 is 4.90 Å². The Labute approximate surface area is 195 Å². The fourth-order valence-corrected chi connectivity index (χ4v) is 4.04. The van der Waals surface area contributed by atoms with Crippen molar-refractivity contribution in [3.05, 3.63) is 41.4 Å². The number of amides is 1. The van der Waals surface area contributed by atoms with Gasteiger partial charge in [-0.05, 0) is 33.8 Å². The minimum atomic E-state index is -1.10. The van der Waals surface area contributed by atoms with Crippen LogP contribution in [-0.4, -0.2) is 72.9 Å². The lowest BCUT2D eigenvalue weighted by Gasteiger charge is -2.40. The Balaban J connectivity index is 1.71. The third-order valence-corrected chi connectivity index (χ3v) is 5.54. The average Bonchev–Trinajstić information content (AvgIpc) is 3.12. The first-order valence-electron chi connectivity index (χ1n) is 10.5. The molecule has 33 heavy (non-hydrogen) atoms. The number of ether oxygens (including phenoxy) is 1. The molecule has 1 N–H and O–H groups in total. The van der Waals surface area contributed by atoms with E-state index in [2.05, 4.69) is 15.0 Å². The number of nitrogens with zero attached hydrogens (tertiary/aromatic N) is 6. The number of hydrogen-bond acceptors (Lipinski definition) is 7. The Kier molecular flexibility index (Phi) is 5.87. The summed E-state index contributed by atoms with van der Waals surface area (Å²) in [6.07, 6.45) is 4.05. The van der Waals surface area contributed by atoms with Crippen molar-refractivity contribution in [1.82, 2.24) is 24.4 Å². The molecule has 0 aliphatic carbocycles. The molecule has 0 aromatic carbocycles. The Bertz CT molecular complexity index is 1220. The number of halogens is 1. The first-order valence-corrected chi connectivity index (χ1v) is 10.9. The van der Waals surface area contributed by atoms with Gasteiger partial charge in [-0.15, -0.1) is 0 Å². The van der Waals surface area contributed by atoms with E-state index in [1.165, 1.54) is 12.5 Å². The molecule has 4 heterocycles. The molecule has 11 heteroatoms. The van der Waals surface area contributed by atoms with Gasteiger partial charge in [-0.3, -0.25) is 4.57 Å². The molecule has 1 aliphatic heterocycles. The van der Waals surface area contributed by atoms with Gasteiger partial charge >= 0.3 is 12.1 Å². The summed E-state index contributed by atoms with van der Waals surface area (Å²) in [6.45, 7) is 8.76. The molecule has 1 aliphatic rings. The predicted octanol–water partition coefficient (Wildman–Crippen LogP) is 3.61. The maximum absolute atomic E-state index is 12.6. The number of carbonyl (C=O) groups excluding carboxylic acids is 1. The molecule has 174 valence electrons. The number of piperazine rings is 1. The summed E-state index contributed by atoms with van der Waals surface area (Å²) in [7, 11) is 0. The van der Waals surface area contributed by atoms with Crippen LogP contribution in [0.25, 0.3) is 16.9 Å². The number of rotatable bonds is 3. The largest absolute Gasteiger partial charge is 0.478 e. The summed E-state index contributed by atoms with van der Waals surface area (Å²) in [5.41, 5.74) is -0.112. The van der Waals surface area contributed by atoms with Crippen molar-refractivity contribution >= 4 is 40.5 Å². The van der Waals surface area contributed by atoms with Gasteiger partial charge in [-0.1, -0.05) is 11.6 Å². The zero-order valence-electron chi connectivity index (χ0n) is 18.8. The summed E-state index contributed by atoms with van der Waals surface area (Å²) < 4.78 is 7.11. The second-order valence-electron chi connectivity index (χ2n) is 8.91. The monoisotopic (exact) mass is 472 g/mol. The Morgan fingerprint density at radius 1 is 1.21 bits per heavy atom. The third kappa shape index (κ3) is 4.56. The second kappa shape index (κ2) is 8.51. The van der Waals surface area contributed by atoms with Crippen LogP contribution in [-0.2, 0) is 4.74 Å². The van der Waals surface area contributed by atoms with Crippen molar-refractivity contribution in [2.45, 2.75) is 39.3 Å². The predicted molar refractivity (Wildman–Crippen MR) is 123 cm³/mol. The van der Waals surface area contributed by atoms with Crippen molar-refractivity contribution in [3.63, 3.8) is 0 Å². The molecule has 0 spiro atoms. The van der Waals surface area contributed by atoms with Crippen LogP contribution in [0.5, 0.6) is 0 Å². The van der Waals surface area contributed by atoms with Gasteiger partial charge in [0.2, 0.25) is 0 Å². The lowest BCUT2D eigenvalue weighted by atomic mass is 10.1. The van der Waals surface area contributed by atoms with E-state index in [1.807, 2.05) is 32.6 Å². The van der Waals surface area contributed by atoms with Gasteiger partial charge in [-0.2, -0.15) is 0 Å². The van der Waals surface area contributed by atoms with Crippen LogP contribution in [0, 0.1) is 0 Å². The van der Waals surface area contributed by atoms with Crippen LogP contribution in [0.2, 0.25) is 5.02 Å². The zero-order valence-corrected chi connectivity index (χ0v) is 19.6. The van der Waals surface area contributed by atoms with Crippen LogP contribution in [0.1, 0.15) is 38.1 Å². The van der Waals surface area contributed by atoms with Crippen molar-refractivity contribution in [2.75, 3.05) is 24.5 Å². The first-order chi connectivity index (χ1) is 15.5. The van der Waals surface area contributed by atoms with E-state index in [9.17, 15) is 14.7 Å². The first kappa shape index (κ1) is 22.8. The Hall–Kier alpha value is -3.40. The van der Waals surface area contributed by atoms with Crippen molar-refractivity contribution in [3.8, 4) is 5.82 Å². The summed E-state index contributed by atoms with van der Waals surface area (Å²) in [5.74, 6) is -0.154. The number of pyridine rings is 1. The van der Waals surface area contributed by atoms with Crippen molar-refractivity contribution in [2.24, 2.45) is 0 Å². The molecule has 0 radical (unpaired) electrons. The van der Waals surface area contributed by atoms with E-state index in [0.717, 1.165) is 0 Å². The number of fused-ring (bicyclic) bond motifs is 1. The fraction of sp³-hybridized carbons (Fsp3) is 0.409. The molecule has 1 amide bonds. The number of anilines is 1. The number of carbonyl (C=O) groups is 2. The Morgan fingerprint density at radius 2 is 1.97 bits per heavy atom. The number of hydrogen-bond donors (Lipinski definition) is 1. The fourth-order valence-electron chi connectivity index (χ4n) is 3.89. The average molecular weight is 473 g/mol. The van der Waals surface area contributed by atoms with Crippen molar-refractivity contribution in [1.29, 1.82) is 0 Å². The van der Waals surface area contributed by atoms with Crippen molar-refractivity contribution < 1.29 is 19.4 Å². The van der Waals surface area contributed by atoms with Gasteiger partial charge in [0.15, 0.2) is 5.65 Å². The maximum Gasteiger partial charge on any atom is 0.410 e. The lowest BCUT2D eigenvalue weighted by Crippen LogP contribution is -2.55. The molecular weight excluding hydrogens is 448 g/mol. The SMILES string of the molecule is C[C@@H]1CN(c2ncnc3c2c(C(=O)O)cn3-c2cc(Cl)ccn2)CCN1C(=O)OC(C)(C)C. The summed E-state index contributed by atoms with van der Waals surface area (Å²) in [4.78, 5) is 41.4. The second-order valence-corrected chi connectivity index (χ2v) is 9.35. The lowest BCUT2D eigenvalue weighted by molar-refractivity contribution is 0.0158. The summed E-state index contributed by atoms with van der Waals surface area (Å²) >= 11 is 6.11. The van der Waals surface area contributed by atoms with E-state index < -0.39 is 11.6 Å². The van der Waals surface area contributed by atoms with E-state index >= 15 is 0 Å². The van der Waals surface area contributed by atoms with E-state index in [0.29, 0.717) is 47.3 Å². The molecule has 1 atom stereocenters. The number of aromatic carboxylic acids is 1. The number of carboxylic acids is 1. The molecule has 3 aromatic heterocycles. The highest BCUT2D eigenvalue weighted by atomic mass is 35.5. The Morgan fingerprint density at radius 3 is 2.61 bits per heavy atom. The van der Waals surface area contributed by atoms with Gasteiger partial charge in [0, 0.05) is 49.2 Å². The number of carboxylic acid groups (broad SMARTS) is 1. The zero-order chi connectivity index (χ0) is 23.9. The maximum atomic E-state index is 12.6. The number of aromatic nitrogens is 4. The molecule has 0 unspecified atom stereocenters. The smallest absolute Gasteiger partial charge is 0.410 e. The molecule has 1 fully saturated rings. The highest BCUT2D eigenvalue weighted by Gasteiger charge is 2.33. The molecular formula is C22H25ClN6O4. The molecule has 4 rings (SSSR count). The third-order valence-electron chi connectivity index (χ3n) is 5.30. The quantitative estimate of drug-likeness (QED) is 0.614. The summed E-state index contributed by atoms with van der Waals surface area (Å²) in [6, 6.07) is 3.11. The molecule has 1 saturated heterocycles. The van der Waals surface area contributed by atoms with E-state index in [-0.39, 0.29) is 17.7 Å². The minimum Gasteiger partial charge on any atom is -0.478 e. The normalized spacial score (nSPS) is 16.8. The van der Waals surface area contributed by atoms with Gasteiger partial charge in [-0.25, -0.2) is 24.5 Å². The van der Waals surface area contributed by atoms with Gasteiger partial charge in [0.1, 0.15) is 23.6 Å². The minimum absolute atomic E-state index is 0.0598. The highest BCUT2D eigenvalue weighted by Crippen LogP contribution is 2.32. The van der Waals surface area contributed by atoms with Crippen LogP contribution in [0.15, 0.2) is 30.9 Å². The van der Waals surface area contributed by atoms with Crippen LogP contribution in [0.4, 0.5) is 10.6 Å². The van der Waals surface area contributed by atoms with Crippen LogP contribution in [0.3, 0.4) is 0 Å². The van der Waals surface area contributed by atoms with Gasteiger partial charge in [0.25, 0.3) is 0 Å². The van der Waals surface area contributed by atoms with E-state index in [1.54, 1.807) is 27.8 Å². The standard InChI is InChI=1S/C22H25ClN6O4/c1-13-10-27(7-8-28(13)21(32)33-22(2,3)4)18-17-15(20(30)31)11-29(19(17)26-12-25-18)16-9-14(23)5-6-24-16/h5-6,9,11-13H,7-8,10H2,1-4H3,(H,30,31)/t13-/m1/s1. The van der Waals surface area contributed by atoms with Crippen LogP contribution >= 0.6 is 11.6 Å². The highest BCUT2D eigenvalue weighted by molar-refractivity contribution is 6.30. The topological polar surface area (TPSA) is 114 Å². The molecule has 0 saturated carbocycles.